The summed E-state index contributed by atoms with van der Waals surface area (Å²) in [6.45, 7) is 0.966. The Kier molecular flexibility index (Phi) is 12.3. The third-order valence-electron chi connectivity index (χ3n) is 7.29. The van der Waals surface area contributed by atoms with Gasteiger partial charge < -0.3 is 29.0 Å². The van der Waals surface area contributed by atoms with Crippen molar-refractivity contribution in [3.8, 4) is 11.5 Å². The monoisotopic (exact) mass is 687 g/mol. The molecule has 1 unspecified atom stereocenters. The molecule has 244 valence electrons. The van der Waals surface area contributed by atoms with E-state index in [0.717, 1.165) is 16.1 Å². The number of esters is 1. The number of aromatic nitrogens is 1. The second kappa shape index (κ2) is 16.1. The number of carbonyl (C=O) groups excluding carboxylic acids is 2. The number of nitrogens with one attached hydrogen (secondary N) is 1. The highest BCUT2D eigenvalue weighted by atomic mass is 35.5. The predicted molar refractivity (Wildman–Crippen MR) is 173 cm³/mol. The van der Waals surface area contributed by atoms with E-state index < -0.39 is 23.9 Å². The molecule has 2 aromatic carbocycles. The van der Waals surface area contributed by atoms with Gasteiger partial charge in [-0.15, -0.1) is 11.3 Å². The van der Waals surface area contributed by atoms with Crippen LogP contribution in [-0.4, -0.2) is 63.5 Å². The molecule has 0 aliphatic carbocycles. The van der Waals surface area contributed by atoms with Crippen molar-refractivity contribution in [3.63, 3.8) is 0 Å². The fourth-order valence-corrected chi connectivity index (χ4v) is 6.59. The van der Waals surface area contributed by atoms with Crippen LogP contribution in [0, 0.1) is 0 Å². The van der Waals surface area contributed by atoms with Crippen molar-refractivity contribution in [3.05, 3.63) is 109 Å². The molecule has 2 atom stereocenters. The quantitative estimate of drug-likeness (QED) is 0.107. The topological polar surface area (TPSA) is 124 Å². The van der Waals surface area contributed by atoms with Crippen LogP contribution in [0.2, 0.25) is 10.0 Å². The van der Waals surface area contributed by atoms with Gasteiger partial charge in [0.05, 0.1) is 25.1 Å². The number of halogens is 2. The third kappa shape index (κ3) is 8.68. The van der Waals surface area contributed by atoms with Crippen LogP contribution in [-0.2, 0) is 22.5 Å². The fourth-order valence-electron chi connectivity index (χ4n) is 4.98. The van der Waals surface area contributed by atoms with E-state index in [9.17, 15) is 19.9 Å². The molecule has 0 fully saturated rings. The molecule has 0 spiro atoms. The van der Waals surface area contributed by atoms with Crippen LogP contribution in [0.3, 0.4) is 0 Å². The molecule has 0 bridgehead atoms. The standard InChI is InChI=1S/C33H35Cl2N3O7S/c1-37(2)12-13-45-33(41)30(20-8-6-5-7-9-20)36-17-22-15-24(31(46-22)32(39)40)23(16-25-26(34)18-38(42)19-27(25)35)21-10-11-28(43-3)29(14-21)44-4/h5-11,14-15,18-19,23,30,36H,12-13,16-17H2,1-4H3,(H-,39,40,42)/t23-,30?/m0/s1. The van der Waals surface area contributed by atoms with E-state index in [2.05, 4.69) is 5.32 Å². The number of hydrogen-bond acceptors (Lipinski definition) is 10. The number of carboxylic acids is 1. The Morgan fingerprint density at radius 1 is 1.00 bits per heavy atom. The number of carbonyl (C=O) groups is 2. The van der Waals surface area contributed by atoms with Crippen molar-refractivity contribution in [2.24, 2.45) is 0 Å². The van der Waals surface area contributed by atoms with Crippen molar-refractivity contribution in [2.45, 2.75) is 24.9 Å². The van der Waals surface area contributed by atoms with Gasteiger partial charge in [-0.2, -0.15) is 0 Å². The molecule has 4 rings (SSSR count). The number of thiophene rings is 1. The number of carboxylic acid groups (broad SMARTS) is 1. The largest absolute Gasteiger partial charge is 0.544 e. The SMILES string of the molecule is COc1ccc([C@H](Cc2c(Cl)c[n+](O)cc2Cl)c2cc(CNC(C(=O)OCCN(C)C)c3ccccc3)sc2C(=O)[O-])cc1OC. The number of likely N-dealkylation sites (N-methyl/N-ethyl adjacent to an activating group) is 1. The zero-order chi connectivity index (χ0) is 33.4. The van der Waals surface area contributed by atoms with Crippen molar-refractivity contribution in [1.82, 2.24) is 10.2 Å². The summed E-state index contributed by atoms with van der Waals surface area (Å²) in [6, 6.07) is 15.5. The maximum absolute atomic E-state index is 13.2. The number of aromatic carboxylic acids is 1. The highest BCUT2D eigenvalue weighted by Gasteiger charge is 2.28. The van der Waals surface area contributed by atoms with Gasteiger partial charge in [-0.05, 0) is 55.4 Å². The van der Waals surface area contributed by atoms with Crippen LogP contribution in [0.1, 0.15) is 48.8 Å². The highest BCUT2D eigenvalue weighted by Crippen LogP contribution is 2.40. The van der Waals surface area contributed by atoms with Gasteiger partial charge >= 0.3 is 5.97 Å². The summed E-state index contributed by atoms with van der Waals surface area (Å²) < 4.78 is 17.3. The first-order valence-corrected chi connectivity index (χ1v) is 15.8. The number of methoxy groups -OCH3 is 2. The lowest BCUT2D eigenvalue weighted by atomic mass is 9.85. The van der Waals surface area contributed by atoms with Crippen LogP contribution >= 0.6 is 34.5 Å². The molecule has 0 radical (unpaired) electrons. The Morgan fingerprint density at radius 2 is 1.67 bits per heavy atom. The average Bonchev–Trinajstić information content (AvgIpc) is 3.45. The minimum Gasteiger partial charge on any atom is -0.544 e. The van der Waals surface area contributed by atoms with Crippen molar-refractivity contribution in [1.29, 1.82) is 0 Å². The van der Waals surface area contributed by atoms with E-state index in [0.29, 0.717) is 45.2 Å². The summed E-state index contributed by atoms with van der Waals surface area (Å²) >= 11 is 14.1. The molecule has 0 amide bonds. The molecule has 0 aliphatic rings. The average molecular weight is 689 g/mol. The predicted octanol–water partition coefficient (Wildman–Crippen LogP) is 4.27. The first-order chi connectivity index (χ1) is 22.0. The number of benzene rings is 2. The third-order valence-corrected chi connectivity index (χ3v) is 9.07. The maximum Gasteiger partial charge on any atom is 0.327 e. The lowest BCUT2D eigenvalue weighted by Crippen LogP contribution is -2.31. The minimum absolute atomic E-state index is 0.0156. The fraction of sp³-hybridized carbons (Fsp3) is 0.303. The van der Waals surface area contributed by atoms with Gasteiger partial charge in [0.2, 0.25) is 12.4 Å². The van der Waals surface area contributed by atoms with Gasteiger partial charge in [0.15, 0.2) is 11.5 Å². The summed E-state index contributed by atoms with van der Waals surface area (Å²) in [5, 5.41) is 26.1. The Balaban J connectivity index is 1.73. The summed E-state index contributed by atoms with van der Waals surface area (Å²) in [6.07, 6.45) is 2.79. The molecule has 46 heavy (non-hydrogen) atoms. The minimum atomic E-state index is -1.35. The first-order valence-electron chi connectivity index (χ1n) is 14.3. The summed E-state index contributed by atoms with van der Waals surface area (Å²) in [7, 11) is 6.82. The Hall–Kier alpha value is -3.87. The Morgan fingerprint density at radius 3 is 2.28 bits per heavy atom. The van der Waals surface area contributed by atoms with E-state index >= 15 is 0 Å². The van der Waals surface area contributed by atoms with Crippen molar-refractivity contribution < 1.29 is 38.8 Å². The molecule has 13 heteroatoms. The molecule has 2 aromatic heterocycles. The van der Waals surface area contributed by atoms with Gasteiger partial charge in [-0.25, -0.2) is 4.79 Å². The molecule has 0 saturated carbocycles. The zero-order valence-electron chi connectivity index (χ0n) is 25.8. The van der Waals surface area contributed by atoms with E-state index in [1.807, 2.05) is 55.4 Å². The van der Waals surface area contributed by atoms with Crippen LogP contribution in [0.4, 0.5) is 0 Å². The number of nitrogens with zero attached hydrogens (tertiary/aromatic N) is 2. The highest BCUT2D eigenvalue weighted by molar-refractivity contribution is 7.14. The second-order valence-electron chi connectivity index (χ2n) is 10.7. The molecular formula is C33H35Cl2N3O7S. The Labute approximate surface area is 281 Å². The summed E-state index contributed by atoms with van der Waals surface area (Å²) in [5.74, 6) is -1.42. The van der Waals surface area contributed by atoms with Crippen LogP contribution in [0.15, 0.2) is 67.0 Å². The zero-order valence-corrected chi connectivity index (χ0v) is 28.1. The normalized spacial score (nSPS) is 12.5. The number of pyridine rings is 1. The van der Waals surface area contributed by atoms with Gasteiger partial charge in [-0.3, -0.25) is 10.5 Å². The molecule has 4 aromatic rings. The van der Waals surface area contributed by atoms with E-state index in [-0.39, 0.29) is 34.5 Å². The van der Waals surface area contributed by atoms with E-state index in [4.69, 9.17) is 37.4 Å². The van der Waals surface area contributed by atoms with E-state index in [1.165, 1.54) is 26.6 Å². The lowest BCUT2D eigenvalue weighted by molar-refractivity contribution is -0.904. The summed E-state index contributed by atoms with van der Waals surface area (Å²) in [5.41, 5.74) is 2.39. The van der Waals surface area contributed by atoms with Crippen molar-refractivity contribution in [2.75, 3.05) is 41.5 Å². The van der Waals surface area contributed by atoms with Crippen LogP contribution in [0.25, 0.3) is 0 Å². The lowest BCUT2D eigenvalue weighted by Gasteiger charge is -2.21. The smallest absolute Gasteiger partial charge is 0.327 e. The van der Waals surface area contributed by atoms with Gasteiger partial charge in [0.1, 0.15) is 22.7 Å². The molecule has 0 aliphatic heterocycles. The summed E-state index contributed by atoms with van der Waals surface area (Å²) in [4.78, 5) is 28.3. The maximum atomic E-state index is 13.2. The van der Waals surface area contributed by atoms with Gasteiger partial charge in [-0.1, -0.05) is 59.6 Å². The Bertz CT molecular complexity index is 1640. The van der Waals surface area contributed by atoms with Gasteiger partial charge in [0, 0.05) is 34.2 Å². The van der Waals surface area contributed by atoms with Crippen LogP contribution in [0.5, 0.6) is 11.5 Å². The number of hydrogen-bond donors (Lipinski definition) is 2. The number of ether oxygens (including phenoxy) is 3. The van der Waals surface area contributed by atoms with E-state index in [1.54, 1.807) is 18.2 Å². The number of rotatable bonds is 15. The first kappa shape index (κ1) is 35.0. The molecule has 2 heterocycles. The van der Waals surface area contributed by atoms with Crippen molar-refractivity contribution >= 4 is 46.5 Å². The molecular weight excluding hydrogens is 653 g/mol. The molecule has 2 N–H and O–H groups in total. The molecule has 0 saturated heterocycles. The molecule has 10 nitrogen and oxygen atoms in total. The van der Waals surface area contributed by atoms with Gasteiger partial charge in [0.25, 0.3) is 0 Å². The second-order valence-corrected chi connectivity index (χ2v) is 12.6. The van der Waals surface area contributed by atoms with Crippen LogP contribution < -0.4 is 24.6 Å².